The van der Waals surface area contributed by atoms with E-state index in [4.69, 9.17) is 4.74 Å². The smallest absolute Gasteiger partial charge is 0.169 e. The van der Waals surface area contributed by atoms with Crippen molar-refractivity contribution in [3.63, 3.8) is 0 Å². The zero-order valence-electron chi connectivity index (χ0n) is 15.3. The lowest BCUT2D eigenvalue weighted by Crippen LogP contribution is -1.94. The molecule has 0 fully saturated rings. The fourth-order valence-corrected chi connectivity index (χ4v) is 3.18. The Hall–Kier alpha value is -2.74. The normalized spacial score (nSPS) is 10.7. The number of hydrogen-bond donors (Lipinski definition) is 1. The Morgan fingerprint density at radius 2 is 1.35 bits per heavy atom. The van der Waals surface area contributed by atoms with E-state index in [1.165, 1.54) is 36.8 Å². The molecule has 0 amide bonds. The number of phenols is 1. The molecule has 0 aliphatic rings. The van der Waals surface area contributed by atoms with E-state index in [9.17, 15) is 5.11 Å². The average Bonchev–Trinajstić information content (AvgIpc) is 2.68. The summed E-state index contributed by atoms with van der Waals surface area (Å²) in [4.78, 5) is 0. The number of unbranched alkanes of at least 4 members (excludes halogenated alkanes) is 3. The predicted molar refractivity (Wildman–Crippen MR) is 108 cm³/mol. The minimum atomic E-state index is 0.148. The van der Waals surface area contributed by atoms with Gasteiger partial charge in [-0.1, -0.05) is 80.8 Å². The summed E-state index contributed by atoms with van der Waals surface area (Å²) in [5, 5.41) is 10.0. The van der Waals surface area contributed by atoms with Crippen LogP contribution in [0.1, 0.15) is 38.2 Å². The van der Waals surface area contributed by atoms with Crippen molar-refractivity contribution in [2.75, 3.05) is 0 Å². The molecule has 0 aromatic heterocycles. The van der Waals surface area contributed by atoms with Crippen LogP contribution in [0.2, 0.25) is 0 Å². The lowest BCUT2D eigenvalue weighted by Gasteiger charge is -2.15. The van der Waals surface area contributed by atoms with Crippen LogP contribution in [0.4, 0.5) is 0 Å². The Morgan fingerprint density at radius 1 is 0.692 bits per heavy atom. The molecule has 3 rings (SSSR count). The molecular formula is C24H26O2. The van der Waals surface area contributed by atoms with Gasteiger partial charge in [0.2, 0.25) is 0 Å². The van der Waals surface area contributed by atoms with Gasteiger partial charge in [0.05, 0.1) is 0 Å². The molecule has 0 aliphatic heterocycles. The van der Waals surface area contributed by atoms with Crippen molar-refractivity contribution in [2.45, 2.75) is 39.0 Å². The number of aromatic hydroxyl groups is 1. The number of aryl methyl sites for hydroxylation is 1. The largest absolute Gasteiger partial charge is 0.504 e. The SMILES string of the molecule is CCCCCCc1ccccc1-c1ccccc1Oc1ccccc1O. The third kappa shape index (κ3) is 4.45. The quantitative estimate of drug-likeness (QED) is 0.446. The Kier molecular flexibility index (Phi) is 6.32. The van der Waals surface area contributed by atoms with Crippen molar-refractivity contribution < 1.29 is 9.84 Å². The van der Waals surface area contributed by atoms with Crippen molar-refractivity contribution in [1.29, 1.82) is 0 Å². The molecule has 0 bridgehead atoms. The minimum Gasteiger partial charge on any atom is -0.504 e. The molecule has 0 unspecified atom stereocenters. The molecule has 0 aliphatic carbocycles. The molecule has 26 heavy (non-hydrogen) atoms. The summed E-state index contributed by atoms with van der Waals surface area (Å²) < 4.78 is 6.04. The summed E-state index contributed by atoms with van der Waals surface area (Å²) >= 11 is 0. The maximum Gasteiger partial charge on any atom is 0.169 e. The van der Waals surface area contributed by atoms with E-state index in [0.29, 0.717) is 5.75 Å². The topological polar surface area (TPSA) is 29.5 Å². The summed E-state index contributed by atoms with van der Waals surface area (Å²) in [5.74, 6) is 1.38. The van der Waals surface area contributed by atoms with Crippen molar-refractivity contribution >= 4 is 0 Å². The second-order valence-corrected chi connectivity index (χ2v) is 6.53. The van der Waals surface area contributed by atoms with E-state index < -0.39 is 0 Å². The first-order chi connectivity index (χ1) is 12.8. The van der Waals surface area contributed by atoms with E-state index >= 15 is 0 Å². The number of phenolic OH excluding ortho intramolecular Hbond substituents is 1. The van der Waals surface area contributed by atoms with Gasteiger partial charge in [0.15, 0.2) is 11.5 Å². The van der Waals surface area contributed by atoms with Crippen molar-refractivity contribution in [2.24, 2.45) is 0 Å². The summed E-state index contributed by atoms with van der Waals surface area (Å²) in [6.45, 7) is 2.24. The van der Waals surface area contributed by atoms with Crippen molar-refractivity contribution in [1.82, 2.24) is 0 Å². The van der Waals surface area contributed by atoms with Crippen LogP contribution in [0, 0.1) is 0 Å². The van der Waals surface area contributed by atoms with E-state index in [1.54, 1.807) is 18.2 Å². The zero-order chi connectivity index (χ0) is 18.2. The zero-order valence-corrected chi connectivity index (χ0v) is 15.3. The minimum absolute atomic E-state index is 0.148. The summed E-state index contributed by atoms with van der Waals surface area (Å²) in [6, 6.07) is 23.6. The third-order valence-electron chi connectivity index (χ3n) is 4.58. The van der Waals surface area contributed by atoms with Crippen LogP contribution >= 0.6 is 0 Å². The van der Waals surface area contributed by atoms with Gasteiger partial charge in [-0.25, -0.2) is 0 Å². The molecule has 0 saturated carbocycles. The first-order valence-corrected chi connectivity index (χ1v) is 9.42. The van der Waals surface area contributed by atoms with Crippen LogP contribution in [0.25, 0.3) is 11.1 Å². The van der Waals surface area contributed by atoms with Crippen molar-refractivity contribution in [3.8, 4) is 28.4 Å². The molecule has 0 heterocycles. The highest BCUT2D eigenvalue weighted by atomic mass is 16.5. The van der Waals surface area contributed by atoms with Crippen LogP contribution in [-0.4, -0.2) is 5.11 Å². The standard InChI is InChI=1S/C24H26O2/c1-2-3-4-5-12-19-13-6-7-14-20(19)21-15-8-10-17-23(21)26-24-18-11-9-16-22(24)25/h6-11,13-18,25H,2-5,12H2,1H3. The van der Waals surface area contributed by atoms with Crippen LogP contribution in [0.5, 0.6) is 17.2 Å². The number of benzene rings is 3. The van der Waals surface area contributed by atoms with Crippen molar-refractivity contribution in [3.05, 3.63) is 78.4 Å². The lowest BCUT2D eigenvalue weighted by molar-refractivity contribution is 0.412. The predicted octanol–water partition coefficient (Wildman–Crippen LogP) is 6.97. The summed E-state index contributed by atoms with van der Waals surface area (Å²) in [5.41, 5.74) is 3.61. The van der Waals surface area contributed by atoms with E-state index in [2.05, 4.69) is 37.3 Å². The van der Waals surface area contributed by atoms with E-state index in [-0.39, 0.29) is 5.75 Å². The fourth-order valence-electron chi connectivity index (χ4n) is 3.18. The highest BCUT2D eigenvalue weighted by Crippen LogP contribution is 2.38. The Morgan fingerprint density at radius 3 is 2.12 bits per heavy atom. The molecule has 0 radical (unpaired) electrons. The maximum atomic E-state index is 10.0. The number of hydrogen-bond acceptors (Lipinski definition) is 2. The average molecular weight is 346 g/mol. The molecule has 2 nitrogen and oxygen atoms in total. The van der Waals surface area contributed by atoms with Gasteiger partial charge in [0.25, 0.3) is 0 Å². The first-order valence-electron chi connectivity index (χ1n) is 9.42. The molecule has 134 valence electrons. The summed E-state index contributed by atoms with van der Waals surface area (Å²) in [7, 11) is 0. The van der Waals surface area contributed by atoms with Crippen LogP contribution in [0.3, 0.4) is 0 Å². The molecule has 0 saturated heterocycles. The first kappa shape index (κ1) is 18.1. The number of para-hydroxylation sites is 3. The van der Waals surface area contributed by atoms with Crippen LogP contribution in [0.15, 0.2) is 72.8 Å². The molecule has 3 aromatic rings. The van der Waals surface area contributed by atoms with Gasteiger partial charge in [-0.05, 0) is 42.2 Å². The maximum absolute atomic E-state index is 10.0. The Balaban J connectivity index is 1.89. The molecule has 3 aromatic carbocycles. The van der Waals surface area contributed by atoms with Gasteiger partial charge in [0.1, 0.15) is 5.75 Å². The van der Waals surface area contributed by atoms with Gasteiger partial charge < -0.3 is 9.84 Å². The lowest BCUT2D eigenvalue weighted by atomic mass is 9.95. The van der Waals surface area contributed by atoms with Gasteiger partial charge in [-0.15, -0.1) is 0 Å². The Bertz CT molecular complexity index is 839. The third-order valence-corrected chi connectivity index (χ3v) is 4.58. The second-order valence-electron chi connectivity index (χ2n) is 6.53. The molecule has 2 heteroatoms. The highest BCUT2D eigenvalue weighted by Gasteiger charge is 2.12. The molecule has 0 spiro atoms. The van der Waals surface area contributed by atoms with E-state index in [1.807, 2.05) is 24.3 Å². The molecule has 0 atom stereocenters. The molecular weight excluding hydrogens is 320 g/mol. The monoisotopic (exact) mass is 346 g/mol. The van der Waals surface area contributed by atoms with Gasteiger partial charge in [0, 0.05) is 5.56 Å². The highest BCUT2D eigenvalue weighted by molar-refractivity contribution is 5.74. The van der Waals surface area contributed by atoms with Gasteiger partial charge in [-0.3, -0.25) is 0 Å². The van der Waals surface area contributed by atoms with Gasteiger partial charge >= 0.3 is 0 Å². The van der Waals surface area contributed by atoms with Gasteiger partial charge in [-0.2, -0.15) is 0 Å². The number of rotatable bonds is 8. The van der Waals surface area contributed by atoms with Crippen LogP contribution < -0.4 is 4.74 Å². The van der Waals surface area contributed by atoms with E-state index in [0.717, 1.165) is 17.7 Å². The Labute approximate surface area is 156 Å². The summed E-state index contributed by atoms with van der Waals surface area (Å²) in [6.07, 6.45) is 6.07. The number of ether oxygens (including phenoxy) is 1. The van der Waals surface area contributed by atoms with Crippen LogP contribution in [-0.2, 0) is 6.42 Å². The fraction of sp³-hybridized carbons (Fsp3) is 0.250. The second kappa shape index (κ2) is 9.10. The molecule has 1 N–H and O–H groups in total.